The second-order valence-electron chi connectivity index (χ2n) is 4.85. The summed E-state index contributed by atoms with van der Waals surface area (Å²) in [6.45, 7) is 4.40. The van der Waals surface area contributed by atoms with Crippen molar-refractivity contribution in [2.75, 3.05) is 0 Å². The van der Waals surface area contributed by atoms with Gasteiger partial charge in [0, 0.05) is 9.50 Å². The van der Waals surface area contributed by atoms with Gasteiger partial charge in [-0.2, -0.15) is 0 Å². The summed E-state index contributed by atoms with van der Waals surface area (Å²) in [6, 6.07) is 14.7. The summed E-state index contributed by atoms with van der Waals surface area (Å²) in [7, 11) is 0. The van der Waals surface area contributed by atoms with Crippen LogP contribution < -0.4 is 0 Å². The van der Waals surface area contributed by atoms with Crippen molar-refractivity contribution in [2.24, 2.45) is 0 Å². The van der Waals surface area contributed by atoms with Crippen LogP contribution in [-0.4, -0.2) is 0 Å². The van der Waals surface area contributed by atoms with Crippen molar-refractivity contribution in [3.05, 3.63) is 68.7 Å². The molecule has 100 valence electrons. The molecule has 0 aromatic heterocycles. The minimum atomic E-state index is 0.120. The van der Waals surface area contributed by atoms with E-state index in [0.29, 0.717) is 5.92 Å². The summed E-state index contributed by atoms with van der Waals surface area (Å²) in [6.07, 6.45) is 0. The molecule has 0 radical (unpaired) electrons. The summed E-state index contributed by atoms with van der Waals surface area (Å²) in [5.41, 5.74) is 3.65. The zero-order valence-corrected chi connectivity index (χ0v) is 14.8. The highest BCUT2D eigenvalue weighted by atomic mass is 79.9. The highest BCUT2D eigenvalue weighted by molar-refractivity contribution is 9.10. The van der Waals surface area contributed by atoms with Crippen molar-refractivity contribution >= 4 is 43.5 Å². The lowest BCUT2D eigenvalue weighted by molar-refractivity contribution is 0.865. The average molecular weight is 403 g/mol. The molecule has 0 aliphatic carbocycles. The molecule has 0 saturated carbocycles. The predicted molar refractivity (Wildman–Crippen MR) is 90.5 cm³/mol. The summed E-state index contributed by atoms with van der Waals surface area (Å²) in [5, 5.41) is 0.768. The van der Waals surface area contributed by atoms with E-state index in [1.807, 2.05) is 18.2 Å². The summed E-state index contributed by atoms with van der Waals surface area (Å²) in [5.74, 6) is 0.555. The normalized spacial score (nSPS) is 12.7. The molecule has 0 aliphatic heterocycles. The van der Waals surface area contributed by atoms with E-state index in [1.54, 1.807) is 0 Å². The fourth-order valence-corrected chi connectivity index (χ4v) is 3.56. The maximum Gasteiger partial charge on any atom is 0.0659 e. The quantitative estimate of drug-likeness (QED) is 0.501. The Hall–Kier alpha value is -0.310. The fourth-order valence-electron chi connectivity index (χ4n) is 1.94. The van der Waals surface area contributed by atoms with E-state index < -0.39 is 0 Å². The first-order chi connectivity index (χ1) is 8.99. The first kappa shape index (κ1) is 15.1. The molecular weight excluding hydrogens is 387 g/mol. The van der Waals surface area contributed by atoms with Crippen LogP contribution in [0.4, 0.5) is 0 Å². The van der Waals surface area contributed by atoms with Crippen molar-refractivity contribution < 1.29 is 0 Å². The highest BCUT2D eigenvalue weighted by Gasteiger charge is 2.14. The van der Waals surface area contributed by atoms with Gasteiger partial charge in [0.2, 0.25) is 0 Å². The molecule has 0 aliphatic rings. The third kappa shape index (κ3) is 3.62. The van der Waals surface area contributed by atoms with Crippen LogP contribution in [0.3, 0.4) is 0 Å². The molecule has 0 fully saturated rings. The second-order valence-corrected chi connectivity index (χ2v) is 7.09. The van der Waals surface area contributed by atoms with Crippen molar-refractivity contribution in [2.45, 2.75) is 24.6 Å². The minimum Gasteiger partial charge on any atom is -0.0839 e. The monoisotopic (exact) mass is 400 g/mol. The van der Waals surface area contributed by atoms with Crippen molar-refractivity contribution in [3.8, 4) is 0 Å². The third-order valence-corrected chi connectivity index (χ3v) is 4.97. The van der Waals surface area contributed by atoms with Gasteiger partial charge in [0.05, 0.1) is 4.83 Å². The third-order valence-electron chi connectivity index (χ3n) is 3.13. The average Bonchev–Trinajstić information content (AvgIpc) is 2.38. The van der Waals surface area contributed by atoms with Crippen LogP contribution in [0.25, 0.3) is 0 Å². The number of halogens is 3. The molecule has 0 saturated heterocycles. The Balaban J connectivity index is 2.30. The topological polar surface area (TPSA) is 0 Å². The Labute approximate surface area is 136 Å². The molecule has 1 atom stereocenters. The Morgan fingerprint density at radius 3 is 2.05 bits per heavy atom. The zero-order chi connectivity index (χ0) is 14.0. The molecule has 0 spiro atoms. The zero-order valence-electron chi connectivity index (χ0n) is 10.8. The fraction of sp³-hybridized carbons (Fsp3) is 0.250. The lowest BCUT2D eigenvalue weighted by atomic mass is 9.99. The van der Waals surface area contributed by atoms with Crippen LogP contribution in [-0.2, 0) is 0 Å². The van der Waals surface area contributed by atoms with Crippen LogP contribution in [0.1, 0.15) is 41.3 Å². The van der Waals surface area contributed by atoms with E-state index in [2.05, 4.69) is 70.0 Å². The molecule has 1 unspecified atom stereocenters. The summed E-state index contributed by atoms with van der Waals surface area (Å²) in [4.78, 5) is 0.120. The number of rotatable bonds is 3. The lowest BCUT2D eigenvalue weighted by Gasteiger charge is -2.14. The van der Waals surface area contributed by atoms with Gasteiger partial charge < -0.3 is 0 Å². The van der Waals surface area contributed by atoms with Crippen LogP contribution in [0.5, 0.6) is 0 Å². The molecular formula is C16H15Br2Cl. The summed E-state index contributed by atoms with van der Waals surface area (Å²) < 4.78 is 0.996. The van der Waals surface area contributed by atoms with E-state index in [4.69, 9.17) is 11.6 Å². The van der Waals surface area contributed by atoms with Gasteiger partial charge in [0.15, 0.2) is 0 Å². The molecule has 0 heterocycles. The van der Waals surface area contributed by atoms with Gasteiger partial charge in [-0.3, -0.25) is 0 Å². The Bertz CT molecular complexity index is 561. The van der Waals surface area contributed by atoms with E-state index >= 15 is 0 Å². The molecule has 2 rings (SSSR count). The molecule has 0 bridgehead atoms. The van der Waals surface area contributed by atoms with E-state index in [-0.39, 0.29) is 4.83 Å². The summed E-state index contributed by atoms with van der Waals surface area (Å²) >= 11 is 13.5. The van der Waals surface area contributed by atoms with E-state index in [9.17, 15) is 0 Å². The Morgan fingerprint density at radius 1 is 0.947 bits per heavy atom. The van der Waals surface area contributed by atoms with Gasteiger partial charge in [-0.25, -0.2) is 0 Å². The molecule has 2 aromatic rings. The van der Waals surface area contributed by atoms with Gasteiger partial charge in [-0.15, -0.1) is 0 Å². The largest absolute Gasteiger partial charge is 0.0839 e. The molecule has 19 heavy (non-hydrogen) atoms. The maximum absolute atomic E-state index is 6.30. The van der Waals surface area contributed by atoms with Gasteiger partial charge >= 0.3 is 0 Å². The number of benzene rings is 2. The first-order valence-corrected chi connectivity index (χ1v) is 8.26. The van der Waals surface area contributed by atoms with Crippen molar-refractivity contribution in [1.82, 2.24) is 0 Å². The maximum atomic E-state index is 6.30. The highest BCUT2D eigenvalue weighted by Crippen LogP contribution is 2.36. The SMILES string of the molecule is CC(C)c1ccc(C(Br)c2ccc(Br)cc2Cl)cc1. The number of hydrogen-bond acceptors (Lipinski definition) is 0. The molecule has 0 N–H and O–H groups in total. The predicted octanol–water partition coefficient (Wildman–Crippen LogP) is 6.71. The Kier molecular flexibility index (Phi) is 5.10. The van der Waals surface area contributed by atoms with Crippen LogP contribution >= 0.6 is 43.5 Å². The molecule has 2 aromatic carbocycles. The lowest BCUT2D eigenvalue weighted by Crippen LogP contribution is -1.95. The van der Waals surface area contributed by atoms with Gasteiger partial charge in [0.25, 0.3) is 0 Å². The van der Waals surface area contributed by atoms with Crippen LogP contribution in [0, 0.1) is 0 Å². The second kappa shape index (κ2) is 6.43. The molecule has 0 nitrogen and oxygen atoms in total. The Morgan fingerprint density at radius 2 is 1.53 bits per heavy atom. The first-order valence-electron chi connectivity index (χ1n) is 6.18. The number of hydrogen-bond donors (Lipinski definition) is 0. The van der Waals surface area contributed by atoms with E-state index in [1.165, 1.54) is 11.1 Å². The smallest absolute Gasteiger partial charge is 0.0659 e. The van der Waals surface area contributed by atoms with E-state index in [0.717, 1.165) is 15.1 Å². The molecule has 3 heteroatoms. The molecule has 0 amide bonds. The van der Waals surface area contributed by atoms with Gasteiger partial charge in [-0.1, -0.05) is 87.6 Å². The van der Waals surface area contributed by atoms with Crippen LogP contribution in [0.2, 0.25) is 5.02 Å². The van der Waals surface area contributed by atoms with Gasteiger partial charge in [-0.05, 0) is 34.7 Å². The van der Waals surface area contributed by atoms with Gasteiger partial charge in [0.1, 0.15) is 0 Å². The minimum absolute atomic E-state index is 0.120. The standard InChI is InChI=1S/C16H15Br2Cl/c1-10(2)11-3-5-12(6-4-11)16(18)14-8-7-13(17)9-15(14)19/h3-10,16H,1-2H3. The van der Waals surface area contributed by atoms with Crippen molar-refractivity contribution in [1.29, 1.82) is 0 Å². The number of alkyl halides is 1. The van der Waals surface area contributed by atoms with Crippen molar-refractivity contribution in [3.63, 3.8) is 0 Å². The van der Waals surface area contributed by atoms with Crippen LogP contribution in [0.15, 0.2) is 46.9 Å².